The number of pyridine rings is 1. The van der Waals surface area contributed by atoms with Crippen molar-refractivity contribution in [3.63, 3.8) is 0 Å². The zero-order valence-corrected chi connectivity index (χ0v) is 23.0. The molecule has 0 bridgehead atoms. The van der Waals surface area contributed by atoms with Crippen LogP contribution in [0.15, 0.2) is 53.0 Å². The topological polar surface area (TPSA) is 85.3 Å². The van der Waals surface area contributed by atoms with Crippen LogP contribution in [0.4, 0.5) is 0 Å². The van der Waals surface area contributed by atoms with Gasteiger partial charge in [0.25, 0.3) is 11.5 Å². The molecule has 9 heteroatoms. The normalized spacial score (nSPS) is 15.7. The number of aromatic nitrogens is 1. The van der Waals surface area contributed by atoms with Gasteiger partial charge in [-0.25, -0.2) is 0 Å². The van der Waals surface area contributed by atoms with Crippen molar-refractivity contribution in [2.24, 2.45) is 0 Å². The summed E-state index contributed by atoms with van der Waals surface area (Å²) in [6.45, 7) is 3.73. The maximum absolute atomic E-state index is 13.1. The van der Waals surface area contributed by atoms with E-state index in [1.165, 1.54) is 6.07 Å². The number of carbonyl (C=O) groups excluding carboxylic acids is 1. The van der Waals surface area contributed by atoms with Crippen LogP contribution in [-0.4, -0.2) is 80.9 Å². The molecule has 0 radical (unpaired) electrons. The van der Waals surface area contributed by atoms with Gasteiger partial charge in [0.15, 0.2) is 0 Å². The highest BCUT2D eigenvalue weighted by atomic mass is 16.5. The van der Waals surface area contributed by atoms with Gasteiger partial charge in [0.2, 0.25) is 0 Å². The molecule has 0 spiro atoms. The third-order valence-electron chi connectivity index (χ3n) is 7.90. The predicted molar refractivity (Wildman–Crippen MR) is 152 cm³/mol. The first-order valence-electron chi connectivity index (χ1n) is 13.3. The van der Waals surface area contributed by atoms with E-state index in [9.17, 15) is 9.59 Å². The molecule has 206 valence electrons. The SMILES string of the molecule is CNC(=O)c1cc(=O)n(CCN2CCC(N(C)C3=Cc4cc(OC)ccc4OC3)CC2)c2cc(OC)ccc12. The highest BCUT2D eigenvalue weighted by Gasteiger charge is 2.26. The Morgan fingerprint density at radius 3 is 2.49 bits per heavy atom. The number of fused-ring (bicyclic) bond motifs is 2. The van der Waals surface area contributed by atoms with Gasteiger partial charge in [-0.05, 0) is 49.2 Å². The molecule has 9 nitrogen and oxygen atoms in total. The third-order valence-corrected chi connectivity index (χ3v) is 7.90. The average molecular weight is 533 g/mol. The molecule has 1 amide bonds. The lowest BCUT2D eigenvalue weighted by Gasteiger charge is -2.39. The minimum absolute atomic E-state index is 0.190. The largest absolute Gasteiger partial charge is 0.497 e. The average Bonchev–Trinajstić information content (AvgIpc) is 2.98. The van der Waals surface area contributed by atoms with Gasteiger partial charge in [-0.3, -0.25) is 9.59 Å². The van der Waals surface area contributed by atoms with Crippen molar-refractivity contribution < 1.29 is 19.0 Å². The molecular formula is C30H36N4O5. The molecule has 3 heterocycles. The fourth-order valence-electron chi connectivity index (χ4n) is 5.52. The second-order valence-electron chi connectivity index (χ2n) is 10.0. The number of ether oxygens (including phenoxy) is 3. The summed E-state index contributed by atoms with van der Waals surface area (Å²) >= 11 is 0. The number of likely N-dealkylation sites (N-methyl/N-ethyl adjacent to an activating group) is 1. The third kappa shape index (κ3) is 5.45. The first-order chi connectivity index (χ1) is 18.9. The number of hydrogen-bond donors (Lipinski definition) is 1. The molecule has 2 aromatic carbocycles. The van der Waals surface area contributed by atoms with Crippen molar-refractivity contribution in [1.82, 2.24) is 19.7 Å². The molecule has 1 N–H and O–H groups in total. The van der Waals surface area contributed by atoms with Crippen LogP contribution in [0, 0.1) is 0 Å². The van der Waals surface area contributed by atoms with Gasteiger partial charge in [-0.2, -0.15) is 0 Å². The highest BCUT2D eigenvalue weighted by Crippen LogP contribution is 2.32. The van der Waals surface area contributed by atoms with Gasteiger partial charge in [0.1, 0.15) is 23.9 Å². The quantitative estimate of drug-likeness (QED) is 0.477. The van der Waals surface area contributed by atoms with E-state index in [4.69, 9.17) is 14.2 Å². The monoisotopic (exact) mass is 532 g/mol. The number of methoxy groups -OCH3 is 2. The van der Waals surface area contributed by atoms with Crippen molar-refractivity contribution in [2.45, 2.75) is 25.4 Å². The van der Waals surface area contributed by atoms with Crippen molar-refractivity contribution in [3.8, 4) is 17.2 Å². The van der Waals surface area contributed by atoms with E-state index in [1.54, 1.807) is 25.8 Å². The zero-order valence-electron chi connectivity index (χ0n) is 23.0. The van der Waals surface area contributed by atoms with E-state index in [-0.39, 0.29) is 11.5 Å². The molecular weight excluding hydrogens is 496 g/mol. The molecule has 1 fully saturated rings. The Bertz CT molecular complexity index is 1460. The van der Waals surface area contributed by atoms with E-state index in [1.807, 2.05) is 36.4 Å². The molecule has 2 aliphatic heterocycles. The van der Waals surface area contributed by atoms with E-state index in [0.717, 1.165) is 60.6 Å². The summed E-state index contributed by atoms with van der Waals surface area (Å²) < 4.78 is 18.5. The number of hydrogen-bond acceptors (Lipinski definition) is 7. The van der Waals surface area contributed by atoms with Gasteiger partial charge >= 0.3 is 0 Å². The molecule has 1 aromatic heterocycles. The number of likely N-dealkylation sites (tertiary alicyclic amines) is 1. The molecule has 1 saturated heterocycles. The van der Waals surface area contributed by atoms with Gasteiger partial charge in [0.05, 0.1) is 31.0 Å². The fourth-order valence-corrected chi connectivity index (χ4v) is 5.52. The van der Waals surface area contributed by atoms with E-state index >= 15 is 0 Å². The molecule has 0 atom stereocenters. The second kappa shape index (κ2) is 11.4. The summed E-state index contributed by atoms with van der Waals surface area (Å²) in [5.41, 5.74) is 3.10. The van der Waals surface area contributed by atoms with Crippen molar-refractivity contribution in [2.75, 3.05) is 54.6 Å². The minimum atomic E-state index is -0.276. The lowest BCUT2D eigenvalue weighted by molar-refractivity contribution is 0.0964. The Morgan fingerprint density at radius 2 is 1.77 bits per heavy atom. The lowest BCUT2D eigenvalue weighted by Crippen LogP contribution is -2.45. The van der Waals surface area contributed by atoms with Crippen LogP contribution in [0.25, 0.3) is 17.0 Å². The van der Waals surface area contributed by atoms with E-state index in [0.29, 0.717) is 36.0 Å². The van der Waals surface area contributed by atoms with Gasteiger partial charge in [0, 0.05) is 69.4 Å². The Kier molecular flexibility index (Phi) is 7.79. The summed E-state index contributed by atoms with van der Waals surface area (Å²) in [5.74, 6) is 2.07. The van der Waals surface area contributed by atoms with Gasteiger partial charge < -0.3 is 33.9 Å². The molecule has 0 aliphatic carbocycles. The van der Waals surface area contributed by atoms with E-state index in [2.05, 4.69) is 28.2 Å². The molecule has 39 heavy (non-hydrogen) atoms. The van der Waals surface area contributed by atoms with Crippen LogP contribution in [0.3, 0.4) is 0 Å². The Morgan fingerprint density at radius 1 is 1.05 bits per heavy atom. The van der Waals surface area contributed by atoms with Crippen molar-refractivity contribution in [1.29, 1.82) is 0 Å². The Hall–Kier alpha value is -3.98. The van der Waals surface area contributed by atoms with E-state index < -0.39 is 0 Å². The molecule has 3 aromatic rings. The number of nitrogens with one attached hydrogen (secondary N) is 1. The van der Waals surface area contributed by atoms with Crippen LogP contribution in [0.5, 0.6) is 17.2 Å². The smallest absolute Gasteiger partial charge is 0.251 e. The molecule has 0 saturated carbocycles. The van der Waals surface area contributed by atoms with Crippen LogP contribution < -0.4 is 25.1 Å². The summed E-state index contributed by atoms with van der Waals surface area (Å²) in [6, 6.07) is 13.2. The standard InChI is InChI=1S/C30H36N4O5/c1-31-30(36)26-18-29(35)34(27-17-24(38-4)5-7-25(26)27)14-13-33-11-9-21(10-12-33)32(2)22-15-20-16-23(37-3)6-8-28(20)39-19-22/h5-8,15-18,21H,9-14,19H2,1-4H3,(H,31,36). The van der Waals surface area contributed by atoms with Crippen LogP contribution >= 0.6 is 0 Å². The predicted octanol–water partition coefficient (Wildman–Crippen LogP) is 3.21. The number of amides is 1. The van der Waals surface area contributed by atoms with Crippen molar-refractivity contribution in [3.05, 3.63) is 69.6 Å². The van der Waals surface area contributed by atoms with Crippen LogP contribution in [0.1, 0.15) is 28.8 Å². The lowest BCUT2D eigenvalue weighted by atomic mass is 10.0. The minimum Gasteiger partial charge on any atom is -0.497 e. The van der Waals surface area contributed by atoms with Crippen LogP contribution in [-0.2, 0) is 6.54 Å². The summed E-state index contributed by atoms with van der Waals surface area (Å²) in [4.78, 5) is 30.3. The Balaban J connectivity index is 1.25. The summed E-state index contributed by atoms with van der Waals surface area (Å²) in [6.07, 6.45) is 4.25. The number of rotatable bonds is 8. The highest BCUT2D eigenvalue weighted by molar-refractivity contribution is 6.06. The fraction of sp³-hybridized carbons (Fsp3) is 0.400. The first kappa shape index (κ1) is 26.6. The number of carbonyl (C=O) groups is 1. The molecule has 5 rings (SSSR count). The number of nitrogens with zero attached hydrogens (tertiary/aromatic N) is 3. The first-order valence-corrected chi connectivity index (χ1v) is 13.3. The van der Waals surface area contributed by atoms with Gasteiger partial charge in [-0.1, -0.05) is 0 Å². The Labute approximate surface area is 228 Å². The molecule has 0 unspecified atom stereocenters. The number of piperidine rings is 1. The van der Waals surface area contributed by atoms with Crippen LogP contribution in [0.2, 0.25) is 0 Å². The summed E-state index contributed by atoms with van der Waals surface area (Å²) in [5, 5.41) is 3.36. The second-order valence-corrected chi connectivity index (χ2v) is 10.0. The maximum Gasteiger partial charge on any atom is 0.251 e. The summed E-state index contributed by atoms with van der Waals surface area (Å²) in [7, 11) is 6.98. The number of benzene rings is 2. The molecule has 2 aliphatic rings. The zero-order chi connectivity index (χ0) is 27.5. The van der Waals surface area contributed by atoms with Gasteiger partial charge in [-0.15, -0.1) is 0 Å². The van der Waals surface area contributed by atoms with Crippen molar-refractivity contribution >= 4 is 22.9 Å². The maximum atomic E-state index is 13.1.